The fraction of sp³-hybridized carbons (Fsp3) is 0.393. The molecule has 8 heteroatoms. The van der Waals surface area contributed by atoms with Gasteiger partial charge in [0.05, 0.1) is 17.5 Å². The maximum Gasteiger partial charge on any atom is 0.243 e. The van der Waals surface area contributed by atoms with Crippen molar-refractivity contribution in [1.82, 2.24) is 9.21 Å². The van der Waals surface area contributed by atoms with E-state index in [9.17, 15) is 13.2 Å². The molecule has 6 nitrogen and oxygen atoms in total. The van der Waals surface area contributed by atoms with Crippen LogP contribution in [0.1, 0.15) is 41.5 Å². The van der Waals surface area contributed by atoms with Gasteiger partial charge in [0, 0.05) is 18.0 Å². The molecule has 36 heavy (non-hydrogen) atoms. The number of amides is 1. The first-order chi connectivity index (χ1) is 17.2. The average Bonchev–Trinajstić information content (AvgIpc) is 3.32. The topological polar surface area (TPSA) is 66.9 Å². The Labute approximate surface area is 218 Å². The lowest BCUT2D eigenvalue weighted by Crippen LogP contribution is -2.48. The van der Waals surface area contributed by atoms with E-state index in [-0.39, 0.29) is 35.9 Å². The third-order valence-corrected chi connectivity index (χ3v) is 9.27. The predicted octanol–water partition coefficient (Wildman–Crippen LogP) is 5.22. The van der Waals surface area contributed by atoms with Crippen LogP contribution in [0.2, 0.25) is 0 Å². The molecule has 0 saturated heterocycles. The summed E-state index contributed by atoms with van der Waals surface area (Å²) in [6.45, 7) is 8.75. The lowest BCUT2D eigenvalue weighted by atomic mass is 10.0. The number of hydrogen-bond donors (Lipinski definition) is 0. The quantitative estimate of drug-likeness (QED) is 0.384. The Balaban J connectivity index is 1.58. The minimum absolute atomic E-state index is 0.0723. The zero-order chi connectivity index (χ0) is 25.9. The van der Waals surface area contributed by atoms with Crippen LogP contribution in [-0.2, 0) is 21.2 Å². The number of para-hydroxylation sites is 1. The number of sulfonamides is 1. The zero-order valence-electron chi connectivity index (χ0n) is 21.3. The lowest BCUT2D eigenvalue weighted by molar-refractivity contribution is -0.135. The van der Waals surface area contributed by atoms with Crippen molar-refractivity contribution in [3.05, 3.63) is 81.5 Å². The highest BCUT2D eigenvalue weighted by molar-refractivity contribution is 7.89. The number of carbonyl (C=O) groups is 1. The van der Waals surface area contributed by atoms with Gasteiger partial charge in [-0.1, -0.05) is 49.7 Å². The second kappa shape index (κ2) is 11.2. The standard InChI is InChI=1S/C28H34N2O4S2/c1-20(2)17-29(36(32,33)23-11-9-21(3)10-12-23)18-28(31)30-15-13-27-24(14-16-35-27)25(30)19-34-26-8-6-5-7-22(26)4/h5-12,14,16,20,25H,13,15,17-19H2,1-4H3/t25-/m0/s1. The van der Waals surface area contributed by atoms with Gasteiger partial charge in [-0.05, 0) is 67.0 Å². The van der Waals surface area contributed by atoms with E-state index in [0.717, 1.165) is 28.9 Å². The molecule has 0 unspecified atom stereocenters. The van der Waals surface area contributed by atoms with Gasteiger partial charge in [-0.25, -0.2) is 8.42 Å². The van der Waals surface area contributed by atoms with Crippen LogP contribution in [0.5, 0.6) is 5.75 Å². The van der Waals surface area contributed by atoms with E-state index in [2.05, 4.69) is 6.07 Å². The Morgan fingerprint density at radius 2 is 1.83 bits per heavy atom. The van der Waals surface area contributed by atoms with Gasteiger partial charge in [0.1, 0.15) is 12.4 Å². The molecule has 0 aliphatic carbocycles. The molecule has 0 bridgehead atoms. The molecule has 4 rings (SSSR count). The molecule has 3 aromatic rings. The number of nitrogens with zero attached hydrogens (tertiary/aromatic N) is 2. The summed E-state index contributed by atoms with van der Waals surface area (Å²) in [7, 11) is -3.82. The minimum atomic E-state index is -3.82. The molecule has 1 aromatic heterocycles. The van der Waals surface area contributed by atoms with Gasteiger partial charge in [-0.15, -0.1) is 11.3 Å². The molecule has 0 spiro atoms. The summed E-state index contributed by atoms with van der Waals surface area (Å²) in [5, 5.41) is 2.05. The highest BCUT2D eigenvalue weighted by Crippen LogP contribution is 2.34. The van der Waals surface area contributed by atoms with Crippen molar-refractivity contribution in [2.45, 2.75) is 45.1 Å². The SMILES string of the molecule is Cc1ccc(S(=O)(=O)N(CC(=O)N2CCc3sccc3[C@@H]2COc2ccccc2C)CC(C)C)cc1. The van der Waals surface area contributed by atoms with Crippen LogP contribution in [0.4, 0.5) is 0 Å². The molecule has 192 valence electrons. The number of carbonyl (C=O) groups excluding carboxylic acids is 1. The smallest absolute Gasteiger partial charge is 0.243 e. The Hall–Kier alpha value is -2.68. The molecular weight excluding hydrogens is 492 g/mol. The number of ether oxygens (including phenoxy) is 1. The first-order valence-corrected chi connectivity index (χ1v) is 14.6. The highest BCUT2D eigenvalue weighted by Gasteiger charge is 2.35. The molecule has 0 radical (unpaired) electrons. The fourth-order valence-electron chi connectivity index (χ4n) is 4.52. The van der Waals surface area contributed by atoms with Crippen molar-refractivity contribution >= 4 is 27.3 Å². The third-order valence-electron chi connectivity index (χ3n) is 6.44. The molecule has 1 aliphatic heterocycles. The van der Waals surface area contributed by atoms with Gasteiger partial charge in [0.2, 0.25) is 15.9 Å². The molecule has 0 saturated carbocycles. The number of rotatable bonds is 9. The monoisotopic (exact) mass is 526 g/mol. The van der Waals surface area contributed by atoms with Crippen LogP contribution < -0.4 is 4.74 Å². The van der Waals surface area contributed by atoms with Crippen molar-refractivity contribution in [3.8, 4) is 5.75 Å². The van der Waals surface area contributed by atoms with Crippen LogP contribution in [0.25, 0.3) is 0 Å². The number of thiophene rings is 1. The van der Waals surface area contributed by atoms with E-state index in [1.807, 2.05) is 57.3 Å². The molecule has 0 N–H and O–H groups in total. The van der Waals surface area contributed by atoms with Crippen molar-refractivity contribution in [3.63, 3.8) is 0 Å². The van der Waals surface area contributed by atoms with Gasteiger partial charge in [-0.2, -0.15) is 4.31 Å². The van der Waals surface area contributed by atoms with E-state index in [1.54, 1.807) is 40.5 Å². The second-order valence-corrected chi connectivity index (χ2v) is 12.7. The summed E-state index contributed by atoms with van der Waals surface area (Å²) in [6.07, 6.45) is 0.758. The highest BCUT2D eigenvalue weighted by atomic mass is 32.2. The molecule has 2 heterocycles. The summed E-state index contributed by atoms with van der Waals surface area (Å²) in [5.74, 6) is 0.653. The fourth-order valence-corrected chi connectivity index (χ4v) is 7.00. The van der Waals surface area contributed by atoms with Crippen LogP contribution in [0, 0.1) is 19.8 Å². The normalized spacial score (nSPS) is 15.8. The summed E-state index contributed by atoms with van der Waals surface area (Å²) < 4.78 is 34.5. The van der Waals surface area contributed by atoms with Crippen LogP contribution >= 0.6 is 11.3 Å². The number of fused-ring (bicyclic) bond motifs is 1. The van der Waals surface area contributed by atoms with E-state index < -0.39 is 10.0 Å². The van der Waals surface area contributed by atoms with Crippen molar-refractivity contribution in [1.29, 1.82) is 0 Å². The van der Waals surface area contributed by atoms with Gasteiger partial charge in [0.25, 0.3) is 0 Å². The minimum Gasteiger partial charge on any atom is -0.491 e. The number of hydrogen-bond acceptors (Lipinski definition) is 5. The predicted molar refractivity (Wildman–Crippen MR) is 144 cm³/mol. The first-order valence-electron chi connectivity index (χ1n) is 12.3. The van der Waals surface area contributed by atoms with Gasteiger partial charge in [-0.3, -0.25) is 4.79 Å². The Morgan fingerprint density at radius 1 is 1.11 bits per heavy atom. The summed E-state index contributed by atoms with van der Waals surface area (Å²) >= 11 is 1.69. The Morgan fingerprint density at radius 3 is 2.53 bits per heavy atom. The Bertz CT molecular complexity index is 1300. The maximum absolute atomic E-state index is 13.7. The van der Waals surface area contributed by atoms with E-state index in [1.165, 1.54) is 9.18 Å². The van der Waals surface area contributed by atoms with E-state index in [0.29, 0.717) is 13.2 Å². The molecule has 0 fully saturated rings. The van der Waals surface area contributed by atoms with E-state index in [4.69, 9.17) is 4.74 Å². The van der Waals surface area contributed by atoms with Crippen molar-refractivity contribution < 1.29 is 17.9 Å². The number of aryl methyl sites for hydroxylation is 2. The largest absolute Gasteiger partial charge is 0.491 e. The second-order valence-electron chi connectivity index (χ2n) is 9.73. The Kier molecular flexibility index (Phi) is 8.17. The van der Waals surface area contributed by atoms with Crippen molar-refractivity contribution in [2.75, 3.05) is 26.2 Å². The van der Waals surface area contributed by atoms with E-state index >= 15 is 0 Å². The third kappa shape index (κ3) is 5.82. The molecule has 2 aromatic carbocycles. The van der Waals surface area contributed by atoms with Gasteiger partial charge in [0.15, 0.2) is 0 Å². The van der Waals surface area contributed by atoms with Gasteiger partial charge < -0.3 is 9.64 Å². The summed E-state index contributed by atoms with van der Waals surface area (Å²) in [6, 6.07) is 16.4. The first kappa shape index (κ1) is 26.4. The average molecular weight is 527 g/mol. The summed E-state index contributed by atoms with van der Waals surface area (Å²) in [4.78, 5) is 17.0. The molecule has 1 aliphatic rings. The lowest BCUT2D eigenvalue weighted by Gasteiger charge is -2.37. The summed E-state index contributed by atoms with van der Waals surface area (Å²) in [5.41, 5.74) is 3.10. The maximum atomic E-state index is 13.7. The van der Waals surface area contributed by atoms with Crippen LogP contribution in [0.15, 0.2) is 64.9 Å². The van der Waals surface area contributed by atoms with Gasteiger partial charge >= 0.3 is 0 Å². The zero-order valence-corrected chi connectivity index (χ0v) is 22.9. The van der Waals surface area contributed by atoms with Crippen molar-refractivity contribution in [2.24, 2.45) is 5.92 Å². The molecule has 1 atom stereocenters. The molecular formula is C28H34N2O4S2. The number of benzene rings is 2. The van der Waals surface area contributed by atoms with Crippen LogP contribution in [0.3, 0.4) is 0 Å². The molecule has 1 amide bonds. The van der Waals surface area contributed by atoms with Crippen LogP contribution in [-0.4, -0.2) is 49.8 Å².